The molecular weight excluding hydrogens is 240 g/mol. The Bertz CT molecular complexity index is 552. The molecule has 100 valence electrons. The molecule has 0 radical (unpaired) electrons. The van der Waals surface area contributed by atoms with Gasteiger partial charge in [-0.3, -0.25) is 0 Å². The number of hydrogen-bond acceptors (Lipinski definition) is 4. The average Bonchev–Trinajstić information content (AvgIpc) is 2.83. The van der Waals surface area contributed by atoms with Crippen LogP contribution in [0.25, 0.3) is 11.3 Å². The number of nitrogens with zero attached hydrogens (tertiary/aromatic N) is 3. The SMILES string of the molecule is COC1(Cn2cncc2-c2ccc(N)nc2)CCC1. The molecule has 2 aromatic heterocycles. The Kier molecular flexibility index (Phi) is 2.98. The average molecular weight is 258 g/mol. The molecule has 0 saturated heterocycles. The number of methoxy groups -OCH3 is 1. The number of pyridine rings is 1. The topological polar surface area (TPSA) is 66.0 Å². The minimum atomic E-state index is -0.0172. The van der Waals surface area contributed by atoms with Crippen LogP contribution in [0.1, 0.15) is 19.3 Å². The Morgan fingerprint density at radius 3 is 2.79 bits per heavy atom. The summed E-state index contributed by atoms with van der Waals surface area (Å²) < 4.78 is 7.81. The summed E-state index contributed by atoms with van der Waals surface area (Å²) in [6, 6.07) is 3.78. The Hall–Kier alpha value is -1.88. The number of nitrogen functional groups attached to an aromatic ring is 1. The van der Waals surface area contributed by atoms with Crippen molar-refractivity contribution < 1.29 is 4.74 Å². The second kappa shape index (κ2) is 4.66. The number of ether oxygens (including phenoxy) is 1. The Labute approximate surface area is 112 Å². The summed E-state index contributed by atoms with van der Waals surface area (Å²) in [5.41, 5.74) is 7.68. The van der Waals surface area contributed by atoms with Gasteiger partial charge >= 0.3 is 0 Å². The van der Waals surface area contributed by atoms with Crippen molar-refractivity contribution in [1.29, 1.82) is 0 Å². The number of anilines is 1. The van der Waals surface area contributed by atoms with Gasteiger partial charge in [0.15, 0.2) is 0 Å². The van der Waals surface area contributed by atoms with Crippen molar-refractivity contribution in [2.24, 2.45) is 0 Å². The Balaban J connectivity index is 1.88. The molecule has 0 unspecified atom stereocenters. The Morgan fingerprint density at radius 1 is 1.37 bits per heavy atom. The van der Waals surface area contributed by atoms with Gasteiger partial charge in [0.1, 0.15) is 5.82 Å². The van der Waals surface area contributed by atoms with Gasteiger partial charge in [0.05, 0.1) is 30.4 Å². The van der Waals surface area contributed by atoms with Crippen molar-refractivity contribution in [3.8, 4) is 11.3 Å². The predicted molar refractivity (Wildman–Crippen MR) is 73.5 cm³/mol. The smallest absolute Gasteiger partial charge is 0.123 e. The second-order valence-electron chi connectivity index (χ2n) is 5.12. The lowest BCUT2D eigenvalue weighted by molar-refractivity contribution is -0.0832. The standard InChI is InChI=1S/C14H18N4O/c1-19-14(5-2-6-14)9-18-10-16-8-12(18)11-3-4-13(15)17-7-11/h3-4,7-8,10H,2,5-6,9H2,1H3,(H2,15,17). The number of nitrogens with two attached hydrogens (primary N) is 1. The van der Waals surface area contributed by atoms with Gasteiger partial charge in [0, 0.05) is 18.9 Å². The molecule has 0 atom stereocenters. The van der Waals surface area contributed by atoms with Crippen LogP contribution in [0.3, 0.4) is 0 Å². The lowest BCUT2D eigenvalue weighted by atomic mass is 9.80. The summed E-state index contributed by atoms with van der Waals surface area (Å²) in [7, 11) is 1.79. The number of aromatic nitrogens is 3. The molecule has 1 saturated carbocycles. The van der Waals surface area contributed by atoms with E-state index in [2.05, 4.69) is 14.5 Å². The minimum absolute atomic E-state index is 0.0172. The maximum Gasteiger partial charge on any atom is 0.123 e. The van der Waals surface area contributed by atoms with E-state index in [1.165, 1.54) is 6.42 Å². The molecule has 0 bridgehead atoms. The van der Waals surface area contributed by atoms with Crippen LogP contribution in [-0.4, -0.2) is 27.2 Å². The molecule has 5 nitrogen and oxygen atoms in total. The predicted octanol–water partition coefficient (Wildman–Crippen LogP) is 2.10. The first kappa shape index (κ1) is 12.2. The molecule has 1 aliphatic rings. The van der Waals surface area contributed by atoms with E-state index in [4.69, 9.17) is 10.5 Å². The summed E-state index contributed by atoms with van der Waals surface area (Å²) >= 11 is 0. The third kappa shape index (κ3) is 2.21. The van der Waals surface area contributed by atoms with E-state index in [0.29, 0.717) is 5.82 Å². The maximum absolute atomic E-state index is 5.67. The molecule has 19 heavy (non-hydrogen) atoms. The summed E-state index contributed by atoms with van der Waals surface area (Å²) in [5.74, 6) is 0.530. The van der Waals surface area contributed by atoms with Gasteiger partial charge in [0.2, 0.25) is 0 Å². The maximum atomic E-state index is 5.67. The van der Waals surface area contributed by atoms with Crippen LogP contribution in [-0.2, 0) is 11.3 Å². The molecule has 0 aromatic carbocycles. The van der Waals surface area contributed by atoms with Gasteiger partial charge in [-0.05, 0) is 31.4 Å². The molecule has 2 N–H and O–H groups in total. The quantitative estimate of drug-likeness (QED) is 0.912. The van der Waals surface area contributed by atoms with E-state index in [-0.39, 0.29) is 5.60 Å². The first-order valence-corrected chi connectivity index (χ1v) is 6.50. The fourth-order valence-corrected chi connectivity index (χ4v) is 2.55. The van der Waals surface area contributed by atoms with E-state index >= 15 is 0 Å². The summed E-state index contributed by atoms with van der Waals surface area (Å²) in [6.45, 7) is 0.837. The van der Waals surface area contributed by atoms with Crippen molar-refractivity contribution in [3.63, 3.8) is 0 Å². The van der Waals surface area contributed by atoms with Crippen LogP contribution < -0.4 is 5.73 Å². The fraction of sp³-hybridized carbons (Fsp3) is 0.429. The molecule has 3 rings (SSSR count). The first-order valence-electron chi connectivity index (χ1n) is 6.50. The van der Waals surface area contributed by atoms with E-state index in [1.54, 1.807) is 13.3 Å². The molecule has 1 fully saturated rings. The second-order valence-corrected chi connectivity index (χ2v) is 5.12. The van der Waals surface area contributed by atoms with Gasteiger partial charge in [-0.1, -0.05) is 0 Å². The monoisotopic (exact) mass is 258 g/mol. The van der Waals surface area contributed by atoms with Crippen molar-refractivity contribution >= 4 is 5.82 Å². The summed E-state index contributed by atoms with van der Waals surface area (Å²) in [6.07, 6.45) is 8.95. The van der Waals surface area contributed by atoms with Crippen LogP contribution in [0.15, 0.2) is 30.9 Å². The number of rotatable bonds is 4. The van der Waals surface area contributed by atoms with Crippen LogP contribution >= 0.6 is 0 Å². The lowest BCUT2D eigenvalue weighted by Gasteiger charge is -2.41. The van der Waals surface area contributed by atoms with Crippen molar-refractivity contribution in [2.45, 2.75) is 31.4 Å². The zero-order valence-corrected chi connectivity index (χ0v) is 11.0. The zero-order valence-electron chi connectivity index (χ0n) is 11.0. The van der Waals surface area contributed by atoms with Gasteiger partial charge in [0.25, 0.3) is 0 Å². The van der Waals surface area contributed by atoms with Crippen molar-refractivity contribution in [1.82, 2.24) is 14.5 Å². The summed E-state index contributed by atoms with van der Waals surface area (Å²) in [4.78, 5) is 8.38. The third-order valence-corrected chi connectivity index (χ3v) is 3.95. The van der Waals surface area contributed by atoms with E-state index in [1.807, 2.05) is 24.7 Å². The number of imidazole rings is 1. The van der Waals surface area contributed by atoms with Crippen LogP contribution in [0.2, 0.25) is 0 Å². The van der Waals surface area contributed by atoms with Crippen LogP contribution in [0.4, 0.5) is 5.82 Å². The molecular formula is C14H18N4O. The van der Waals surface area contributed by atoms with Gasteiger partial charge < -0.3 is 15.0 Å². The molecule has 2 heterocycles. The van der Waals surface area contributed by atoms with E-state index < -0.39 is 0 Å². The molecule has 0 amide bonds. The normalized spacial score (nSPS) is 17.1. The minimum Gasteiger partial charge on any atom is -0.384 e. The number of hydrogen-bond donors (Lipinski definition) is 1. The van der Waals surface area contributed by atoms with E-state index in [0.717, 1.165) is 30.6 Å². The largest absolute Gasteiger partial charge is 0.384 e. The highest BCUT2D eigenvalue weighted by Gasteiger charge is 2.37. The van der Waals surface area contributed by atoms with Gasteiger partial charge in [-0.15, -0.1) is 0 Å². The fourth-order valence-electron chi connectivity index (χ4n) is 2.55. The van der Waals surface area contributed by atoms with Crippen molar-refractivity contribution in [3.05, 3.63) is 30.9 Å². The van der Waals surface area contributed by atoms with E-state index in [9.17, 15) is 0 Å². The molecule has 0 spiro atoms. The highest BCUT2D eigenvalue weighted by Crippen LogP contribution is 2.37. The first-order chi connectivity index (χ1) is 9.22. The third-order valence-electron chi connectivity index (χ3n) is 3.95. The zero-order chi connectivity index (χ0) is 13.3. The summed E-state index contributed by atoms with van der Waals surface area (Å²) in [5, 5.41) is 0. The van der Waals surface area contributed by atoms with Crippen LogP contribution in [0, 0.1) is 0 Å². The van der Waals surface area contributed by atoms with Gasteiger partial charge in [-0.25, -0.2) is 9.97 Å². The van der Waals surface area contributed by atoms with Gasteiger partial charge in [-0.2, -0.15) is 0 Å². The van der Waals surface area contributed by atoms with Crippen LogP contribution in [0.5, 0.6) is 0 Å². The highest BCUT2D eigenvalue weighted by molar-refractivity contribution is 5.59. The molecule has 1 aliphatic carbocycles. The highest BCUT2D eigenvalue weighted by atomic mass is 16.5. The molecule has 5 heteroatoms. The molecule has 2 aromatic rings. The van der Waals surface area contributed by atoms with Crippen molar-refractivity contribution in [2.75, 3.05) is 12.8 Å². The Morgan fingerprint density at radius 2 is 2.21 bits per heavy atom. The lowest BCUT2D eigenvalue weighted by Crippen LogP contribution is -2.43. The molecule has 0 aliphatic heterocycles.